The number of carbonyl (C=O) groups excluding carboxylic acids is 2. The number of anilines is 1. The van der Waals surface area contributed by atoms with Crippen LogP contribution in [0.1, 0.15) is 30.9 Å². The standard InChI is InChI=1S/C36H44N4O9S/c1-6-48-31-10-8-7-9-28(31)36(49-35(42)39-21-19-38(20-22-39)25-15-17-37(2)18-16-25)29-23-26(45-3)11-13-30(29)40(34(36)41)50(43,44)33-14-12-27(46-4)24-32(33)47-5/h7-14,23-25H,6,15-22H2,1-5H3. The molecule has 50 heavy (non-hydrogen) atoms. The molecule has 13 nitrogen and oxygen atoms in total. The third-order valence-electron chi connectivity index (χ3n) is 9.76. The molecule has 0 aromatic heterocycles. The van der Waals surface area contributed by atoms with E-state index < -0.39 is 27.6 Å². The maximum atomic E-state index is 15.2. The molecule has 6 rings (SSSR count). The van der Waals surface area contributed by atoms with E-state index in [9.17, 15) is 13.2 Å². The van der Waals surface area contributed by atoms with Gasteiger partial charge in [-0.25, -0.2) is 13.2 Å². The number of piperazine rings is 1. The van der Waals surface area contributed by atoms with E-state index in [1.807, 2.05) is 0 Å². The van der Waals surface area contributed by atoms with Crippen LogP contribution in [0, 0.1) is 0 Å². The second-order valence-corrected chi connectivity index (χ2v) is 14.3. The molecule has 3 aromatic rings. The normalized spacial score (nSPS) is 20.4. The van der Waals surface area contributed by atoms with Crippen LogP contribution in [-0.2, 0) is 25.2 Å². The number of methoxy groups -OCH3 is 3. The molecular weight excluding hydrogens is 664 g/mol. The lowest BCUT2D eigenvalue weighted by Gasteiger charge is -2.42. The van der Waals surface area contributed by atoms with Gasteiger partial charge in [0.1, 0.15) is 27.9 Å². The van der Waals surface area contributed by atoms with E-state index in [2.05, 4.69) is 16.8 Å². The fraction of sp³-hybridized carbons (Fsp3) is 0.444. The van der Waals surface area contributed by atoms with Crippen LogP contribution < -0.4 is 23.3 Å². The molecular formula is C36H44N4O9S. The largest absolute Gasteiger partial charge is 0.497 e. The number of ether oxygens (including phenoxy) is 5. The summed E-state index contributed by atoms with van der Waals surface area (Å²) in [5.74, 6) is -0.0799. The first kappa shape index (κ1) is 35.3. The van der Waals surface area contributed by atoms with Crippen molar-refractivity contribution < 1.29 is 41.7 Å². The first-order valence-corrected chi connectivity index (χ1v) is 18.2. The Morgan fingerprint density at radius 2 is 1.48 bits per heavy atom. The number of amides is 2. The van der Waals surface area contributed by atoms with Crippen LogP contribution in [0.15, 0.2) is 65.6 Å². The zero-order valence-corrected chi connectivity index (χ0v) is 29.9. The molecule has 0 N–H and O–H groups in total. The fourth-order valence-electron chi connectivity index (χ4n) is 7.07. The minimum absolute atomic E-state index is 0.000131. The SMILES string of the molecule is CCOc1ccccc1C1(OC(=O)N2CCN(C3CCN(C)CC3)CC2)C(=O)N(S(=O)(=O)c2ccc(OC)cc2OC)c2ccc(OC)cc21. The van der Waals surface area contributed by atoms with Crippen molar-refractivity contribution in [3.8, 4) is 23.0 Å². The lowest BCUT2D eigenvalue weighted by molar-refractivity contribution is -0.132. The van der Waals surface area contributed by atoms with Crippen molar-refractivity contribution in [1.29, 1.82) is 0 Å². The topological polar surface area (TPSA) is 127 Å². The molecule has 0 radical (unpaired) electrons. The zero-order valence-electron chi connectivity index (χ0n) is 29.1. The Balaban J connectivity index is 1.45. The predicted molar refractivity (Wildman–Crippen MR) is 186 cm³/mol. The molecule has 0 aliphatic carbocycles. The quantitative estimate of drug-likeness (QED) is 0.304. The number of para-hydroxylation sites is 1. The molecule has 3 aliphatic heterocycles. The molecule has 14 heteroatoms. The lowest BCUT2D eigenvalue weighted by Crippen LogP contribution is -2.55. The molecule has 3 heterocycles. The summed E-state index contributed by atoms with van der Waals surface area (Å²) in [4.78, 5) is 35.5. The van der Waals surface area contributed by atoms with Crippen LogP contribution in [0.2, 0.25) is 0 Å². The van der Waals surface area contributed by atoms with Gasteiger partial charge in [0.25, 0.3) is 15.9 Å². The Bertz CT molecular complexity index is 1840. The van der Waals surface area contributed by atoms with Gasteiger partial charge in [0.05, 0.1) is 39.2 Å². The number of benzene rings is 3. The first-order chi connectivity index (χ1) is 24.1. The van der Waals surface area contributed by atoms with Crippen molar-refractivity contribution in [2.45, 2.75) is 36.3 Å². The third kappa shape index (κ3) is 6.20. The second-order valence-electron chi connectivity index (χ2n) is 12.5. The molecule has 268 valence electrons. The minimum atomic E-state index is -4.67. The van der Waals surface area contributed by atoms with Gasteiger partial charge in [0.2, 0.25) is 5.60 Å². The van der Waals surface area contributed by atoms with Gasteiger partial charge in [-0.3, -0.25) is 9.69 Å². The first-order valence-electron chi connectivity index (χ1n) is 16.7. The Morgan fingerprint density at radius 1 is 0.820 bits per heavy atom. The number of likely N-dealkylation sites (tertiary alicyclic amines) is 1. The highest BCUT2D eigenvalue weighted by Crippen LogP contribution is 2.53. The van der Waals surface area contributed by atoms with Gasteiger partial charge in [-0.15, -0.1) is 0 Å². The Kier molecular flexibility index (Phi) is 10.1. The van der Waals surface area contributed by atoms with Crippen molar-refractivity contribution in [1.82, 2.24) is 14.7 Å². The number of hydrogen-bond acceptors (Lipinski definition) is 11. The summed E-state index contributed by atoms with van der Waals surface area (Å²) in [5.41, 5.74) is -1.97. The number of nitrogens with zero attached hydrogens (tertiary/aromatic N) is 4. The summed E-state index contributed by atoms with van der Waals surface area (Å²) in [7, 11) is 1.69. The lowest BCUT2D eigenvalue weighted by atomic mass is 9.86. The monoisotopic (exact) mass is 708 g/mol. The van der Waals surface area contributed by atoms with Gasteiger partial charge >= 0.3 is 6.09 Å². The average molecular weight is 709 g/mol. The van der Waals surface area contributed by atoms with Gasteiger partial charge in [0.15, 0.2) is 0 Å². The summed E-state index contributed by atoms with van der Waals surface area (Å²) >= 11 is 0. The van der Waals surface area contributed by atoms with Crippen molar-refractivity contribution in [3.05, 3.63) is 71.8 Å². The Hall–Kier alpha value is -4.53. The van der Waals surface area contributed by atoms with Crippen LogP contribution in [-0.4, -0.2) is 115 Å². The van der Waals surface area contributed by atoms with Crippen molar-refractivity contribution >= 4 is 27.7 Å². The molecule has 0 spiro atoms. The molecule has 1 unspecified atom stereocenters. The van der Waals surface area contributed by atoms with Gasteiger partial charge in [-0.2, -0.15) is 4.31 Å². The Morgan fingerprint density at radius 3 is 2.14 bits per heavy atom. The highest BCUT2D eigenvalue weighted by Gasteiger charge is 2.61. The van der Waals surface area contributed by atoms with Crippen LogP contribution in [0.3, 0.4) is 0 Å². The van der Waals surface area contributed by atoms with E-state index in [0.717, 1.165) is 25.9 Å². The van der Waals surface area contributed by atoms with Crippen molar-refractivity contribution in [2.75, 3.05) is 78.6 Å². The highest BCUT2D eigenvalue weighted by atomic mass is 32.2. The predicted octanol–water partition coefficient (Wildman–Crippen LogP) is 3.94. The van der Waals surface area contributed by atoms with Gasteiger partial charge < -0.3 is 33.5 Å². The maximum absolute atomic E-state index is 15.2. The van der Waals surface area contributed by atoms with Gasteiger partial charge in [-0.05, 0) is 76.3 Å². The third-order valence-corrected chi connectivity index (χ3v) is 11.5. The minimum Gasteiger partial charge on any atom is -0.497 e. The fourth-order valence-corrected chi connectivity index (χ4v) is 8.67. The number of sulfonamides is 1. The summed E-state index contributed by atoms with van der Waals surface area (Å²) in [6, 6.07) is 15.9. The van der Waals surface area contributed by atoms with Gasteiger partial charge in [0, 0.05) is 43.9 Å². The van der Waals surface area contributed by atoms with E-state index in [-0.39, 0.29) is 39.8 Å². The van der Waals surface area contributed by atoms with Crippen LogP contribution in [0.5, 0.6) is 23.0 Å². The van der Waals surface area contributed by atoms with E-state index in [1.165, 1.54) is 51.7 Å². The smallest absolute Gasteiger partial charge is 0.411 e. The van der Waals surface area contributed by atoms with Crippen LogP contribution >= 0.6 is 0 Å². The summed E-state index contributed by atoms with van der Waals surface area (Å²) in [5, 5.41) is 0. The Labute approximate surface area is 293 Å². The average Bonchev–Trinajstić information content (AvgIpc) is 3.39. The second kappa shape index (κ2) is 14.4. The number of piperidine rings is 1. The number of rotatable bonds is 10. The number of carbonyl (C=O) groups is 2. The summed E-state index contributed by atoms with van der Waals surface area (Å²) in [6.07, 6.45) is 1.38. The molecule has 1 atom stereocenters. The highest BCUT2D eigenvalue weighted by molar-refractivity contribution is 7.93. The summed E-state index contributed by atoms with van der Waals surface area (Å²) < 4.78 is 58.6. The van der Waals surface area contributed by atoms with Crippen molar-refractivity contribution in [3.63, 3.8) is 0 Å². The molecule has 0 saturated carbocycles. The molecule has 0 bridgehead atoms. The molecule has 3 aliphatic rings. The number of fused-ring (bicyclic) bond motifs is 1. The molecule has 3 aromatic carbocycles. The van der Waals surface area contributed by atoms with E-state index in [4.69, 9.17) is 23.7 Å². The van der Waals surface area contributed by atoms with E-state index >= 15 is 4.79 Å². The van der Waals surface area contributed by atoms with Gasteiger partial charge in [-0.1, -0.05) is 18.2 Å². The van der Waals surface area contributed by atoms with Crippen molar-refractivity contribution in [2.24, 2.45) is 0 Å². The summed E-state index contributed by atoms with van der Waals surface area (Å²) in [6.45, 7) is 6.17. The zero-order chi connectivity index (χ0) is 35.6. The van der Waals surface area contributed by atoms with Crippen LogP contribution in [0.25, 0.3) is 0 Å². The molecule has 2 fully saturated rings. The van der Waals surface area contributed by atoms with E-state index in [0.29, 0.717) is 48.0 Å². The van der Waals surface area contributed by atoms with Crippen LogP contribution in [0.4, 0.5) is 10.5 Å². The molecule has 2 amide bonds. The maximum Gasteiger partial charge on any atom is 0.411 e. The molecule has 2 saturated heterocycles. The number of hydrogen-bond donors (Lipinski definition) is 0. The van der Waals surface area contributed by atoms with E-state index in [1.54, 1.807) is 42.2 Å².